The van der Waals surface area contributed by atoms with Gasteiger partial charge in [0, 0.05) is 17.2 Å². The fraction of sp³-hybridized carbons (Fsp3) is 0.188. The van der Waals surface area contributed by atoms with Crippen molar-refractivity contribution in [2.45, 2.75) is 6.18 Å². The van der Waals surface area contributed by atoms with Crippen molar-refractivity contribution in [3.05, 3.63) is 63.2 Å². The van der Waals surface area contributed by atoms with Crippen LogP contribution in [-0.2, 0) is 10.9 Å². The number of nitro groups is 1. The van der Waals surface area contributed by atoms with E-state index in [1.165, 1.54) is 30.3 Å². The Morgan fingerprint density at radius 3 is 2.41 bits per heavy atom. The molecule has 0 aliphatic carbocycles. The lowest BCUT2D eigenvalue weighted by molar-refractivity contribution is -0.384. The molecule has 11 heteroatoms. The molecule has 0 aliphatic rings. The fourth-order valence-corrected chi connectivity index (χ4v) is 2.14. The molecule has 1 N–H and O–H groups in total. The van der Waals surface area contributed by atoms with Crippen molar-refractivity contribution in [2.24, 2.45) is 0 Å². The number of nitrogens with zero attached hydrogens (tertiary/aromatic N) is 1. The molecule has 27 heavy (non-hydrogen) atoms. The third-order valence-electron chi connectivity index (χ3n) is 3.16. The zero-order valence-electron chi connectivity index (χ0n) is 13.5. The van der Waals surface area contributed by atoms with Gasteiger partial charge in [-0.05, 0) is 30.3 Å². The lowest BCUT2D eigenvalue weighted by atomic mass is 10.1. The number of carbonyl (C=O) groups is 1. The molecule has 2 aromatic rings. The summed E-state index contributed by atoms with van der Waals surface area (Å²) in [6.45, 7) is -0.351. The zero-order valence-corrected chi connectivity index (χ0v) is 14.2. The number of carbonyl (C=O) groups excluding carboxylic acids is 1. The van der Waals surface area contributed by atoms with Gasteiger partial charge in [-0.2, -0.15) is 13.2 Å². The molecule has 0 saturated carbocycles. The molecule has 0 aromatic heterocycles. The van der Waals surface area contributed by atoms with Crippen LogP contribution in [0.4, 0.5) is 29.3 Å². The minimum atomic E-state index is -4.70. The highest BCUT2D eigenvalue weighted by molar-refractivity contribution is 6.30. The largest absolute Gasteiger partial charge is 0.490 e. The zero-order chi connectivity index (χ0) is 20.0. The van der Waals surface area contributed by atoms with E-state index in [-0.39, 0.29) is 23.9 Å². The Balaban J connectivity index is 1.84. The summed E-state index contributed by atoms with van der Waals surface area (Å²) in [5.41, 5.74) is -1.70. The number of non-ortho nitro benzene ring substituents is 1. The first-order chi connectivity index (χ1) is 12.7. The van der Waals surface area contributed by atoms with Crippen molar-refractivity contribution in [3.63, 3.8) is 0 Å². The van der Waals surface area contributed by atoms with Gasteiger partial charge in [0.2, 0.25) is 0 Å². The molecule has 1 amide bonds. The van der Waals surface area contributed by atoms with Crippen molar-refractivity contribution >= 4 is 29.1 Å². The third kappa shape index (κ3) is 6.03. The molecular weight excluding hydrogens is 393 g/mol. The smallest absolute Gasteiger partial charge is 0.418 e. The van der Waals surface area contributed by atoms with E-state index in [2.05, 4.69) is 0 Å². The Morgan fingerprint density at radius 1 is 1.15 bits per heavy atom. The van der Waals surface area contributed by atoms with E-state index in [4.69, 9.17) is 21.1 Å². The van der Waals surface area contributed by atoms with Gasteiger partial charge >= 0.3 is 12.3 Å². The maximum Gasteiger partial charge on any atom is 0.418 e. The van der Waals surface area contributed by atoms with Crippen LogP contribution < -0.4 is 10.1 Å². The van der Waals surface area contributed by atoms with Crippen LogP contribution in [0.15, 0.2) is 42.5 Å². The number of hydrogen-bond acceptors (Lipinski definition) is 5. The maximum atomic E-state index is 12.9. The lowest BCUT2D eigenvalue weighted by Crippen LogP contribution is -2.20. The third-order valence-corrected chi connectivity index (χ3v) is 3.39. The summed E-state index contributed by atoms with van der Waals surface area (Å²) < 4.78 is 48.8. The second kappa shape index (κ2) is 8.58. The van der Waals surface area contributed by atoms with Crippen molar-refractivity contribution in [2.75, 3.05) is 18.5 Å². The van der Waals surface area contributed by atoms with Crippen LogP contribution in [0.25, 0.3) is 0 Å². The number of alkyl halides is 3. The molecule has 7 nitrogen and oxygen atoms in total. The lowest BCUT2D eigenvalue weighted by Gasteiger charge is -2.14. The Bertz CT molecular complexity index is 828. The van der Waals surface area contributed by atoms with Crippen LogP contribution in [0.5, 0.6) is 5.75 Å². The van der Waals surface area contributed by atoms with E-state index in [1.807, 2.05) is 5.32 Å². The van der Waals surface area contributed by atoms with Gasteiger partial charge in [-0.15, -0.1) is 0 Å². The van der Waals surface area contributed by atoms with Gasteiger partial charge in [0.15, 0.2) is 0 Å². The number of nitro benzene ring substituents is 1. The van der Waals surface area contributed by atoms with E-state index in [0.29, 0.717) is 11.8 Å². The number of nitrogens with one attached hydrogen (secondary N) is 1. The minimum Gasteiger partial charge on any atom is -0.490 e. The first kappa shape index (κ1) is 20.3. The van der Waals surface area contributed by atoms with Gasteiger partial charge in [0.05, 0.1) is 16.2 Å². The molecule has 0 bridgehead atoms. The molecule has 0 radical (unpaired) electrons. The summed E-state index contributed by atoms with van der Waals surface area (Å²) in [6, 6.07) is 8.10. The van der Waals surface area contributed by atoms with Crippen LogP contribution >= 0.6 is 11.6 Å². The average Bonchev–Trinajstić information content (AvgIpc) is 2.60. The van der Waals surface area contributed by atoms with Gasteiger partial charge in [0.1, 0.15) is 19.0 Å². The maximum absolute atomic E-state index is 12.9. The number of anilines is 1. The van der Waals surface area contributed by atoms with E-state index in [0.717, 1.165) is 6.07 Å². The molecule has 2 rings (SSSR count). The van der Waals surface area contributed by atoms with Gasteiger partial charge in [0.25, 0.3) is 5.69 Å². The first-order valence-electron chi connectivity index (χ1n) is 7.34. The van der Waals surface area contributed by atoms with Crippen LogP contribution in [0.3, 0.4) is 0 Å². The van der Waals surface area contributed by atoms with Crippen molar-refractivity contribution in [1.29, 1.82) is 0 Å². The Hall–Kier alpha value is -3.01. The van der Waals surface area contributed by atoms with Crippen LogP contribution in [0, 0.1) is 10.1 Å². The van der Waals surface area contributed by atoms with E-state index in [1.54, 1.807) is 0 Å². The molecule has 0 heterocycles. The van der Waals surface area contributed by atoms with Crippen molar-refractivity contribution in [3.8, 4) is 5.75 Å². The molecular formula is C16H12ClF3N2O5. The highest BCUT2D eigenvalue weighted by Gasteiger charge is 2.34. The Morgan fingerprint density at radius 2 is 1.81 bits per heavy atom. The molecule has 144 valence electrons. The highest BCUT2D eigenvalue weighted by atomic mass is 35.5. The molecule has 2 aromatic carbocycles. The van der Waals surface area contributed by atoms with E-state index < -0.39 is 28.4 Å². The van der Waals surface area contributed by atoms with Crippen molar-refractivity contribution < 1.29 is 32.4 Å². The van der Waals surface area contributed by atoms with Gasteiger partial charge < -0.3 is 9.47 Å². The van der Waals surface area contributed by atoms with Crippen molar-refractivity contribution in [1.82, 2.24) is 0 Å². The Labute approximate surface area is 155 Å². The molecule has 0 saturated heterocycles. The summed E-state index contributed by atoms with van der Waals surface area (Å²) in [5, 5.41) is 12.4. The van der Waals surface area contributed by atoms with E-state index >= 15 is 0 Å². The monoisotopic (exact) mass is 404 g/mol. The summed E-state index contributed by atoms with van der Waals surface area (Å²) in [5.74, 6) is 0.307. The summed E-state index contributed by atoms with van der Waals surface area (Å²) in [4.78, 5) is 21.6. The molecule has 0 fully saturated rings. The SMILES string of the molecule is O=C(Nc1ccc(Cl)cc1C(F)(F)F)OCCOc1ccc([N+](=O)[O-])cc1. The standard InChI is InChI=1S/C16H12ClF3N2O5/c17-10-1-6-14(13(9-10)16(18,19)20)21-15(23)27-8-7-26-12-4-2-11(3-5-12)22(24)25/h1-6,9H,7-8H2,(H,21,23). The van der Waals surface area contributed by atoms with Crippen LogP contribution in [-0.4, -0.2) is 24.2 Å². The van der Waals surface area contributed by atoms with Gasteiger partial charge in [-0.3, -0.25) is 15.4 Å². The fourth-order valence-electron chi connectivity index (χ4n) is 1.96. The molecule has 0 spiro atoms. The second-order valence-electron chi connectivity index (χ2n) is 5.05. The minimum absolute atomic E-state index is 0.0992. The topological polar surface area (TPSA) is 90.7 Å². The van der Waals surface area contributed by atoms with E-state index in [9.17, 15) is 28.1 Å². The highest BCUT2D eigenvalue weighted by Crippen LogP contribution is 2.36. The van der Waals surface area contributed by atoms with Gasteiger partial charge in [-0.1, -0.05) is 11.6 Å². The van der Waals surface area contributed by atoms with Crippen LogP contribution in [0.1, 0.15) is 5.56 Å². The average molecular weight is 405 g/mol. The first-order valence-corrected chi connectivity index (χ1v) is 7.72. The summed E-state index contributed by atoms with van der Waals surface area (Å²) >= 11 is 5.55. The number of benzene rings is 2. The second-order valence-corrected chi connectivity index (χ2v) is 5.48. The number of hydrogen-bond donors (Lipinski definition) is 1. The number of amides is 1. The van der Waals surface area contributed by atoms with Crippen LogP contribution in [0.2, 0.25) is 5.02 Å². The quantitative estimate of drug-likeness (QED) is 0.420. The molecule has 0 atom stereocenters. The summed E-state index contributed by atoms with van der Waals surface area (Å²) in [6.07, 6.45) is -5.80. The number of ether oxygens (including phenoxy) is 2. The number of halogens is 4. The van der Waals surface area contributed by atoms with Gasteiger partial charge in [-0.25, -0.2) is 4.79 Å². The normalized spacial score (nSPS) is 11.0. The molecule has 0 aliphatic heterocycles. The predicted molar refractivity (Wildman–Crippen MR) is 90.0 cm³/mol. The Kier molecular flexibility index (Phi) is 6.45. The summed E-state index contributed by atoms with van der Waals surface area (Å²) in [7, 11) is 0. The predicted octanol–water partition coefficient (Wildman–Crippen LogP) is 4.89. The number of rotatable bonds is 6. The molecule has 0 unspecified atom stereocenters.